The molecule has 1 aliphatic rings. The van der Waals surface area contributed by atoms with Crippen LogP contribution in [-0.4, -0.2) is 63.6 Å². The van der Waals surface area contributed by atoms with Gasteiger partial charge in [-0.1, -0.05) is 23.9 Å². The number of hydrogen-bond donors (Lipinski definition) is 0. The third-order valence-corrected chi connectivity index (χ3v) is 7.06. The lowest BCUT2D eigenvalue weighted by atomic mass is 9.97. The van der Waals surface area contributed by atoms with Gasteiger partial charge in [0.15, 0.2) is 11.0 Å². The highest BCUT2D eigenvalue weighted by Gasteiger charge is 2.31. The first-order chi connectivity index (χ1) is 17.0. The van der Waals surface area contributed by atoms with Crippen LogP contribution in [0.15, 0.2) is 52.2 Å². The zero-order chi connectivity index (χ0) is 24.8. The van der Waals surface area contributed by atoms with Crippen molar-refractivity contribution in [1.82, 2.24) is 19.7 Å². The number of rotatable bonds is 9. The highest BCUT2D eigenvalue weighted by Crippen LogP contribution is 2.31. The van der Waals surface area contributed by atoms with Gasteiger partial charge in [0.2, 0.25) is 5.91 Å². The summed E-state index contributed by atoms with van der Waals surface area (Å²) in [6.45, 7) is 5.58. The Balaban J connectivity index is 1.49. The summed E-state index contributed by atoms with van der Waals surface area (Å²) in [6.07, 6.45) is 2.87. The van der Waals surface area contributed by atoms with E-state index in [2.05, 4.69) is 10.2 Å². The Labute approximate surface area is 208 Å². The van der Waals surface area contributed by atoms with Crippen LogP contribution in [0.4, 0.5) is 0 Å². The van der Waals surface area contributed by atoms with Gasteiger partial charge in [0.05, 0.1) is 37.7 Å². The van der Waals surface area contributed by atoms with Crippen molar-refractivity contribution in [1.29, 1.82) is 0 Å². The molecule has 10 heteroatoms. The van der Waals surface area contributed by atoms with Crippen LogP contribution in [-0.2, 0) is 20.9 Å². The van der Waals surface area contributed by atoms with Crippen LogP contribution in [0.3, 0.4) is 0 Å². The SMILES string of the molecule is CCOC(=O)C1CCN(C(=O)C(C)Sc2nnc(-c3cccc(OC)c3)n2Cc2ccco2)CC1. The molecule has 1 aliphatic heterocycles. The van der Waals surface area contributed by atoms with Crippen molar-refractivity contribution >= 4 is 23.6 Å². The highest BCUT2D eigenvalue weighted by atomic mass is 32.2. The van der Waals surface area contributed by atoms with Gasteiger partial charge in [-0.05, 0) is 51.0 Å². The van der Waals surface area contributed by atoms with E-state index in [1.807, 2.05) is 52.8 Å². The quantitative estimate of drug-likeness (QED) is 0.324. The van der Waals surface area contributed by atoms with Crippen LogP contribution in [0.2, 0.25) is 0 Å². The molecule has 1 unspecified atom stereocenters. The molecule has 35 heavy (non-hydrogen) atoms. The lowest BCUT2D eigenvalue weighted by Gasteiger charge is -2.32. The molecule has 1 saturated heterocycles. The molecule has 0 bridgehead atoms. The molecule has 1 amide bonds. The molecule has 2 aromatic heterocycles. The number of methoxy groups -OCH3 is 1. The van der Waals surface area contributed by atoms with Crippen LogP contribution in [0.25, 0.3) is 11.4 Å². The highest BCUT2D eigenvalue weighted by molar-refractivity contribution is 8.00. The molecule has 1 fully saturated rings. The van der Waals surface area contributed by atoms with Crippen LogP contribution < -0.4 is 4.74 Å². The Morgan fingerprint density at radius 3 is 2.69 bits per heavy atom. The topological polar surface area (TPSA) is 99.7 Å². The van der Waals surface area contributed by atoms with Crippen LogP contribution in [0.5, 0.6) is 5.75 Å². The number of ether oxygens (including phenoxy) is 2. The standard InChI is InChI=1S/C25H30N4O5S/c1-4-33-24(31)18-10-12-28(13-11-18)23(30)17(2)35-25-27-26-22(19-7-5-8-20(15-19)32-3)29(25)16-21-9-6-14-34-21/h5-9,14-15,17-18H,4,10-13,16H2,1-3H3. The van der Waals surface area contributed by atoms with Gasteiger partial charge in [-0.25, -0.2) is 0 Å². The summed E-state index contributed by atoms with van der Waals surface area (Å²) in [7, 11) is 1.62. The van der Waals surface area contributed by atoms with Crippen molar-refractivity contribution in [3.05, 3.63) is 48.4 Å². The normalized spacial score (nSPS) is 15.1. The number of thioether (sulfide) groups is 1. The Bertz CT molecular complexity index is 1140. The molecule has 1 aromatic carbocycles. The predicted molar refractivity (Wildman–Crippen MR) is 131 cm³/mol. The van der Waals surface area contributed by atoms with Gasteiger partial charge in [0, 0.05) is 18.7 Å². The zero-order valence-electron chi connectivity index (χ0n) is 20.2. The molecule has 0 N–H and O–H groups in total. The van der Waals surface area contributed by atoms with Crippen LogP contribution in [0.1, 0.15) is 32.4 Å². The van der Waals surface area contributed by atoms with E-state index < -0.39 is 0 Å². The number of aromatic nitrogens is 3. The monoisotopic (exact) mass is 498 g/mol. The van der Waals surface area contributed by atoms with Gasteiger partial charge in [-0.3, -0.25) is 14.2 Å². The van der Waals surface area contributed by atoms with E-state index in [9.17, 15) is 9.59 Å². The number of piperidine rings is 1. The van der Waals surface area contributed by atoms with E-state index in [1.165, 1.54) is 11.8 Å². The number of amides is 1. The molecule has 3 aromatic rings. The Kier molecular flexibility index (Phi) is 8.12. The Hall–Kier alpha value is -3.27. The minimum Gasteiger partial charge on any atom is -0.497 e. The molecule has 0 radical (unpaired) electrons. The Morgan fingerprint density at radius 1 is 1.20 bits per heavy atom. The van der Waals surface area contributed by atoms with Gasteiger partial charge in [0.25, 0.3) is 0 Å². The number of furan rings is 1. The Morgan fingerprint density at radius 2 is 2.00 bits per heavy atom. The summed E-state index contributed by atoms with van der Waals surface area (Å²) < 4.78 is 18.0. The average molecular weight is 499 g/mol. The number of likely N-dealkylation sites (tertiary alicyclic amines) is 1. The van der Waals surface area contributed by atoms with Crippen molar-refractivity contribution in [3.63, 3.8) is 0 Å². The van der Waals surface area contributed by atoms with E-state index in [-0.39, 0.29) is 23.0 Å². The van der Waals surface area contributed by atoms with E-state index in [1.54, 1.807) is 20.3 Å². The van der Waals surface area contributed by atoms with Gasteiger partial charge in [-0.15, -0.1) is 10.2 Å². The number of benzene rings is 1. The molecular formula is C25H30N4O5S. The molecule has 0 aliphatic carbocycles. The molecule has 9 nitrogen and oxygen atoms in total. The summed E-state index contributed by atoms with van der Waals surface area (Å²) in [5, 5.41) is 9.10. The summed E-state index contributed by atoms with van der Waals surface area (Å²) >= 11 is 1.37. The largest absolute Gasteiger partial charge is 0.497 e. The predicted octanol–water partition coefficient (Wildman–Crippen LogP) is 3.88. The number of carbonyl (C=O) groups excluding carboxylic acids is 2. The summed E-state index contributed by atoms with van der Waals surface area (Å²) in [5.74, 6) is 1.86. The maximum Gasteiger partial charge on any atom is 0.309 e. The number of esters is 1. The number of hydrogen-bond acceptors (Lipinski definition) is 8. The molecule has 0 saturated carbocycles. The second kappa shape index (κ2) is 11.4. The molecular weight excluding hydrogens is 468 g/mol. The van der Waals surface area contributed by atoms with Gasteiger partial charge >= 0.3 is 5.97 Å². The second-order valence-electron chi connectivity index (χ2n) is 8.32. The van der Waals surface area contributed by atoms with Crippen molar-refractivity contribution in [2.24, 2.45) is 5.92 Å². The van der Waals surface area contributed by atoms with Gasteiger partial charge in [0.1, 0.15) is 11.5 Å². The maximum absolute atomic E-state index is 13.2. The minimum atomic E-state index is -0.369. The third-order valence-electron chi connectivity index (χ3n) is 6.00. The molecule has 3 heterocycles. The summed E-state index contributed by atoms with van der Waals surface area (Å²) in [4.78, 5) is 27.0. The fourth-order valence-corrected chi connectivity index (χ4v) is 5.05. The smallest absolute Gasteiger partial charge is 0.309 e. The van der Waals surface area contributed by atoms with Crippen molar-refractivity contribution in [3.8, 4) is 17.1 Å². The third kappa shape index (κ3) is 5.87. The van der Waals surface area contributed by atoms with Crippen molar-refractivity contribution in [2.75, 3.05) is 26.8 Å². The van der Waals surface area contributed by atoms with E-state index >= 15 is 0 Å². The molecule has 1 atom stereocenters. The summed E-state index contributed by atoms with van der Waals surface area (Å²) in [6, 6.07) is 11.4. The first kappa shape index (κ1) is 24.8. The van der Waals surface area contributed by atoms with E-state index in [0.29, 0.717) is 50.1 Å². The first-order valence-electron chi connectivity index (χ1n) is 11.7. The van der Waals surface area contributed by atoms with Crippen LogP contribution in [0, 0.1) is 5.92 Å². The fraction of sp³-hybridized carbons (Fsp3) is 0.440. The van der Waals surface area contributed by atoms with E-state index in [0.717, 1.165) is 17.1 Å². The van der Waals surface area contributed by atoms with Crippen LogP contribution >= 0.6 is 11.8 Å². The average Bonchev–Trinajstić information content (AvgIpc) is 3.54. The van der Waals surface area contributed by atoms with Gasteiger partial charge < -0.3 is 18.8 Å². The fourth-order valence-electron chi connectivity index (χ4n) is 4.11. The summed E-state index contributed by atoms with van der Waals surface area (Å²) in [5.41, 5.74) is 0.857. The molecule has 186 valence electrons. The lowest BCUT2D eigenvalue weighted by molar-refractivity contribution is -0.151. The molecule has 0 spiro atoms. The van der Waals surface area contributed by atoms with Crippen molar-refractivity contribution in [2.45, 2.75) is 43.6 Å². The zero-order valence-corrected chi connectivity index (χ0v) is 21.0. The number of carbonyl (C=O) groups is 2. The minimum absolute atomic E-state index is 0.0211. The molecule has 4 rings (SSSR count). The maximum atomic E-state index is 13.2. The van der Waals surface area contributed by atoms with E-state index in [4.69, 9.17) is 13.9 Å². The van der Waals surface area contributed by atoms with Crippen molar-refractivity contribution < 1.29 is 23.5 Å². The number of nitrogens with zero attached hydrogens (tertiary/aromatic N) is 4. The first-order valence-corrected chi connectivity index (χ1v) is 12.6. The second-order valence-corrected chi connectivity index (χ2v) is 9.62. The lowest BCUT2D eigenvalue weighted by Crippen LogP contribution is -2.43. The van der Waals surface area contributed by atoms with Gasteiger partial charge in [-0.2, -0.15) is 0 Å².